The molecule has 94 heavy (non-hydrogen) atoms. The van der Waals surface area contributed by atoms with Crippen LogP contribution < -0.4 is 0 Å². The molecular weight excluding hydrogens is 1170 g/mol. The lowest BCUT2D eigenvalue weighted by Gasteiger charge is -2.12. The Kier molecular flexibility index (Phi) is 12.3. The summed E-state index contributed by atoms with van der Waals surface area (Å²) in [5.41, 5.74) is 22.1. The Morgan fingerprint density at radius 3 is 1.22 bits per heavy atom. The smallest absolute Gasteiger partial charge is 0.145 e. The number of fused-ring (bicyclic) bond motifs is 14. The molecule has 0 bridgehead atoms. The summed E-state index contributed by atoms with van der Waals surface area (Å²) in [4.78, 5) is 10.2. The molecule has 0 aliphatic rings. The van der Waals surface area contributed by atoms with Gasteiger partial charge in [0.25, 0.3) is 0 Å². The number of thiophene rings is 1. The third-order valence-electron chi connectivity index (χ3n) is 18.7. The molecule has 0 radical (unpaired) electrons. The number of aromatic nitrogens is 6. The monoisotopic (exact) mass is 1220 g/mol. The summed E-state index contributed by atoms with van der Waals surface area (Å²) in [5, 5.41) is 9.87. The molecule has 14 aromatic carbocycles. The van der Waals surface area contributed by atoms with Gasteiger partial charge in [-0.1, -0.05) is 182 Å². The average Bonchev–Trinajstić information content (AvgIpc) is 1.59. The van der Waals surface area contributed by atoms with Gasteiger partial charge < -0.3 is 13.6 Å². The van der Waals surface area contributed by atoms with E-state index < -0.39 is 0 Å². The van der Waals surface area contributed by atoms with Gasteiger partial charge >= 0.3 is 0 Å². The molecule has 0 N–H and O–H groups in total. The highest BCUT2D eigenvalue weighted by atomic mass is 32.1. The van der Waals surface area contributed by atoms with E-state index in [4.69, 9.17) is 14.4 Å². The lowest BCUT2D eigenvalue weighted by Crippen LogP contribution is -1.98. The molecular formula is C86H54N6OS. The summed E-state index contributed by atoms with van der Waals surface area (Å²) in [6.45, 7) is 0. The molecule has 8 heteroatoms. The predicted molar refractivity (Wildman–Crippen MR) is 393 cm³/mol. The molecule has 0 saturated heterocycles. The molecule has 0 amide bonds. The van der Waals surface area contributed by atoms with E-state index >= 15 is 0 Å². The first-order valence-corrected chi connectivity index (χ1v) is 32.6. The Morgan fingerprint density at radius 2 is 0.660 bits per heavy atom. The number of hydrogen-bond donors (Lipinski definition) is 0. The molecule has 0 saturated carbocycles. The van der Waals surface area contributed by atoms with Crippen LogP contribution >= 0.6 is 11.3 Å². The lowest BCUT2D eigenvalue weighted by atomic mass is 10.0. The maximum absolute atomic E-state index is 6.40. The zero-order valence-electron chi connectivity index (χ0n) is 50.7. The third kappa shape index (κ3) is 8.58. The zero-order chi connectivity index (χ0) is 61.8. The Labute approximate surface area is 543 Å². The van der Waals surface area contributed by atoms with E-state index in [1.807, 2.05) is 41.7 Å². The topological polar surface area (TPSA) is 58.6 Å². The van der Waals surface area contributed by atoms with Gasteiger partial charge in [0.05, 0.1) is 44.1 Å². The van der Waals surface area contributed by atoms with Gasteiger partial charge in [-0.15, -0.1) is 11.3 Å². The van der Waals surface area contributed by atoms with E-state index in [0.29, 0.717) is 0 Å². The number of rotatable bonds is 8. The van der Waals surface area contributed by atoms with Crippen molar-refractivity contribution in [2.45, 2.75) is 0 Å². The highest BCUT2D eigenvalue weighted by molar-refractivity contribution is 7.26. The van der Waals surface area contributed by atoms with Gasteiger partial charge in [-0.25, -0.2) is 9.97 Å². The van der Waals surface area contributed by atoms with Gasteiger partial charge in [0.1, 0.15) is 22.8 Å². The fourth-order valence-corrected chi connectivity index (χ4v) is 15.7. The summed E-state index contributed by atoms with van der Waals surface area (Å²) in [5.74, 6) is 1.86. The minimum atomic E-state index is 0.912. The first kappa shape index (κ1) is 53.5. The minimum absolute atomic E-state index is 0.912. The summed E-state index contributed by atoms with van der Waals surface area (Å²) in [6, 6.07) is 117. The second-order valence-corrected chi connectivity index (χ2v) is 25.1. The second kappa shape index (κ2) is 21.7. The first-order chi connectivity index (χ1) is 46.6. The van der Waals surface area contributed by atoms with Crippen LogP contribution in [0.5, 0.6) is 0 Å². The quantitative estimate of drug-likeness (QED) is 0.152. The maximum Gasteiger partial charge on any atom is 0.145 e. The molecule has 0 aliphatic heterocycles. The summed E-state index contributed by atoms with van der Waals surface area (Å²) in [6.07, 6.45) is 0. The van der Waals surface area contributed by atoms with Crippen molar-refractivity contribution in [1.82, 2.24) is 28.2 Å². The number of furan rings is 1. The largest absolute Gasteiger partial charge is 0.455 e. The van der Waals surface area contributed by atoms with Crippen molar-refractivity contribution < 1.29 is 4.42 Å². The molecule has 440 valence electrons. The van der Waals surface area contributed by atoms with E-state index in [1.165, 1.54) is 69.4 Å². The van der Waals surface area contributed by atoms with E-state index in [0.717, 1.165) is 106 Å². The average molecular weight is 1220 g/mol. The highest BCUT2D eigenvalue weighted by Crippen LogP contribution is 2.44. The van der Waals surface area contributed by atoms with Crippen molar-refractivity contribution >= 4 is 119 Å². The Balaban J connectivity index is 0.000000133. The molecule has 0 aliphatic carbocycles. The van der Waals surface area contributed by atoms with Crippen LogP contribution in [0.3, 0.4) is 0 Å². The van der Waals surface area contributed by atoms with Gasteiger partial charge in [0, 0.05) is 91.9 Å². The van der Waals surface area contributed by atoms with Gasteiger partial charge in [0.15, 0.2) is 0 Å². The Morgan fingerprint density at radius 1 is 0.255 bits per heavy atom. The fourth-order valence-electron chi connectivity index (χ4n) is 14.4. The minimum Gasteiger partial charge on any atom is -0.455 e. The summed E-state index contributed by atoms with van der Waals surface area (Å²) >= 11 is 1.88. The van der Waals surface area contributed by atoms with Crippen molar-refractivity contribution in [2.75, 3.05) is 0 Å². The van der Waals surface area contributed by atoms with Crippen molar-refractivity contribution in [2.24, 2.45) is 0 Å². The Hall–Kier alpha value is -12.4. The second-order valence-electron chi connectivity index (χ2n) is 24.0. The number of para-hydroxylation sites is 10. The van der Waals surface area contributed by atoms with Crippen LogP contribution in [0.15, 0.2) is 332 Å². The van der Waals surface area contributed by atoms with E-state index in [1.54, 1.807) is 0 Å². The van der Waals surface area contributed by atoms with Gasteiger partial charge in [-0.3, -0.25) is 9.13 Å². The summed E-state index contributed by atoms with van der Waals surface area (Å²) < 4.78 is 18.3. The third-order valence-corrected chi connectivity index (χ3v) is 19.9. The van der Waals surface area contributed by atoms with Gasteiger partial charge in [0.2, 0.25) is 0 Å². The van der Waals surface area contributed by atoms with E-state index in [2.05, 4.69) is 316 Å². The van der Waals surface area contributed by atoms with Crippen LogP contribution in [0.4, 0.5) is 0 Å². The van der Waals surface area contributed by atoms with E-state index in [-0.39, 0.29) is 0 Å². The molecule has 0 fully saturated rings. The molecule has 0 spiro atoms. The first-order valence-electron chi connectivity index (χ1n) is 31.8. The standard InChI is InChI=1S/C43H27N3O.C43H27N3S/c2*1-2-11-30(12-3-1)46-40-19-8-6-17-37(40)44-43(46)28-21-24-31(25-22-28)45-38-18-7-4-13-33(38)36-27-29(23-26-39(36)45)32-15-10-16-35-34-14-5-9-20-41(34)47-42(32)35/h2*1-27H. The SMILES string of the molecule is c1ccc(-n2c(-c3ccc(-n4c5ccccc5c5cc(-c6cccc7c6oc6ccccc67)ccc54)cc3)nc3ccccc32)cc1.c1ccc(-n2c(-c3ccc(-n4c5ccccc5c5cc(-c6cccc7c6sc6ccccc67)ccc54)cc3)nc3ccccc32)cc1. The lowest BCUT2D eigenvalue weighted by molar-refractivity contribution is 0.670. The number of benzene rings is 14. The van der Waals surface area contributed by atoms with Crippen LogP contribution in [0.25, 0.3) is 176 Å². The maximum atomic E-state index is 6.40. The van der Waals surface area contributed by atoms with Crippen molar-refractivity contribution in [1.29, 1.82) is 0 Å². The van der Waals surface area contributed by atoms with Crippen LogP contribution in [-0.4, -0.2) is 28.2 Å². The van der Waals surface area contributed by atoms with Gasteiger partial charge in [-0.05, 0) is 162 Å². The summed E-state index contributed by atoms with van der Waals surface area (Å²) in [7, 11) is 0. The normalized spacial score (nSPS) is 11.8. The van der Waals surface area contributed by atoms with Crippen molar-refractivity contribution in [3.8, 4) is 67.8 Å². The number of nitrogens with zero attached hydrogens (tertiary/aromatic N) is 6. The number of imidazole rings is 2. The van der Waals surface area contributed by atoms with Crippen molar-refractivity contribution in [3.63, 3.8) is 0 Å². The molecule has 6 aromatic heterocycles. The fraction of sp³-hybridized carbons (Fsp3) is 0. The molecule has 6 heterocycles. The van der Waals surface area contributed by atoms with Crippen LogP contribution in [0, 0.1) is 0 Å². The molecule has 0 unspecified atom stereocenters. The van der Waals surface area contributed by atoms with Crippen LogP contribution in [-0.2, 0) is 0 Å². The molecule has 20 aromatic rings. The molecule has 0 atom stereocenters. The van der Waals surface area contributed by atoms with Crippen molar-refractivity contribution in [3.05, 3.63) is 328 Å². The molecule has 20 rings (SSSR count). The van der Waals surface area contributed by atoms with E-state index in [9.17, 15) is 0 Å². The molecule has 7 nitrogen and oxygen atoms in total. The van der Waals surface area contributed by atoms with Gasteiger partial charge in [-0.2, -0.15) is 0 Å². The zero-order valence-corrected chi connectivity index (χ0v) is 51.5. The highest BCUT2D eigenvalue weighted by Gasteiger charge is 2.21. The number of hydrogen-bond acceptors (Lipinski definition) is 4. The van der Waals surface area contributed by atoms with Crippen LogP contribution in [0.2, 0.25) is 0 Å². The van der Waals surface area contributed by atoms with Crippen LogP contribution in [0.1, 0.15) is 0 Å². The Bertz CT molecular complexity index is 5950. The predicted octanol–water partition coefficient (Wildman–Crippen LogP) is 23.2.